The lowest BCUT2D eigenvalue weighted by Crippen LogP contribution is -2.09. The molecule has 0 saturated carbocycles. The number of hydrogen-bond acceptors (Lipinski definition) is 2. The van der Waals surface area contributed by atoms with E-state index in [9.17, 15) is 4.79 Å². The molecule has 0 spiro atoms. The van der Waals surface area contributed by atoms with Gasteiger partial charge >= 0.3 is 0 Å². The third-order valence-electron chi connectivity index (χ3n) is 4.00. The minimum Gasteiger partial charge on any atom is -0.491 e. The number of ketones is 1. The Morgan fingerprint density at radius 2 is 1.95 bits per heavy atom. The van der Waals surface area contributed by atoms with E-state index in [2.05, 4.69) is 38.3 Å². The first-order valence-corrected chi connectivity index (χ1v) is 7.68. The maximum Gasteiger partial charge on any atom is 0.162 e. The van der Waals surface area contributed by atoms with Crippen molar-refractivity contribution in [2.75, 3.05) is 0 Å². The van der Waals surface area contributed by atoms with Gasteiger partial charge in [-0.3, -0.25) is 4.79 Å². The van der Waals surface area contributed by atoms with Crippen LogP contribution in [0, 0.1) is 6.92 Å². The van der Waals surface area contributed by atoms with E-state index < -0.39 is 0 Å². The molecule has 2 aromatic rings. The molecule has 1 heterocycles. The molecule has 3 heteroatoms. The molecule has 1 atom stereocenters. The first kappa shape index (κ1) is 15.6. The summed E-state index contributed by atoms with van der Waals surface area (Å²) in [6.45, 7) is 12.1. The predicted octanol–water partition coefficient (Wildman–Crippen LogP) is 4.91. The van der Waals surface area contributed by atoms with E-state index in [-0.39, 0.29) is 11.9 Å². The second-order valence-electron chi connectivity index (χ2n) is 6.00. The van der Waals surface area contributed by atoms with Crippen molar-refractivity contribution in [2.24, 2.45) is 0 Å². The molecule has 1 aromatic heterocycles. The molecule has 21 heavy (non-hydrogen) atoms. The average Bonchev–Trinajstić information content (AvgIpc) is 2.69. The fraction of sp³-hybridized carbons (Fsp3) is 0.500. The molecule has 0 aliphatic carbocycles. The fourth-order valence-electron chi connectivity index (χ4n) is 2.92. The Kier molecular flexibility index (Phi) is 4.40. The number of benzene rings is 1. The predicted molar refractivity (Wildman–Crippen MR) is 87.4 cm³/mol. The third kappa shape index (κ3) is 2.82. The Morgan fingerprint density at radius 1 is 1.29 bits per heavy atom. The van der Waals surface area contributed by atoms with Gasteiger partial charge in [0.25, 0.3) is 0 Å². The number of fused-ring (bicyclic) bond motifs is 1. The summed E-state index contributed by atoms with van der Waals surface area (Å²) >= 11 is 0. The zero-order valence-electron chi connectivity index (χ0n) is 13.9. The van der Waals surface area contributed by atoms with Crippen LogP contribution >= 0.6 is 0 Å². The van der Waals surface area contributed by atoms with Crippen molar-refractivity contribution < 1.29 is 9.53 Å². The van der Waals surface area contributed by atoms with Crippen molar-refractivity contribution in [3.05, 3.63) is 29.5 Å². The third-order valence-corrected chi connectivity index (χ3v) is 4.00. The van der Waals surface area contributed by atoms with Gasteiger partial charge in [-0.15, -0.1) is 0 Å². The highest BCUT2D eigenvalue weighted by atomic mass is 16.5. The van der Waals surface area contributed by atoms with E-state index in [1.165, 1.54) is 0 Å². The quantitative estimate of drug-likeness (QED) is 0.732. The first-order chi connectivity index (χ1) is 9.86. The van der Waals surface area contributed by atoms with Crippen LogP contribution in [-0.4, -0.2) is 16.5 Å². The van der Waals surface area contributed by atoms with E-state index in [0.717, 1.165) is 34.3 Å². The summed E-state index contributed by atoms with van der Waals surface area (Å²) in [7, 11) is 0. The monoisotopic (exact) mass is 287 g/mol. The number of rotatable bonds is 5. The first-order valence-electron chi connectivity index (χ1n) is 7.68. The standard InChI is InChI=1S/C18H25NO2/c1-7-12(4)21-15-8-9-17-16(10-15)18(14(6)20)13(5)19(17)11(2)3/h8-12H,7H2,1-6H3/t12-/m1/s1. The molecule has 0 unspecified atom stereocenters. The van der Waals surface area contributed by atoms with Crippen molar-refractivity contribution in [1.29, 1.82) is 0 Å². The highest BCUT2D eigenvalue weighted by Gasteiger charge is 2.19. The van der Waals surface area contributed by atoms with Gasteiger partial charge in [0.1, 0.15) is 5.75 Å². The second kappa shape index (κ2) is 5.92. The number of carbonyl (C=O) groups is 1. The summed E-state index contributed by atoms with van der Waals surface area (Å²) in [5, 5.41) is 0.995. The van der Waals surface area contributed by atoms with Gasteiger partial charge in [0, 0.05) is 28.2 Å². The largest absolute Gasteiger partial charge is 0.491 e. The Balaban J connectivity index is 2.65. The zero-order valence-corrected chi connectivity index (χ0v) is 13.9. The maximum atomic E-state index is 12.1. The summed E-state index contributed by atoms with van der Waals surface area (Å²) < 4.78 is 8.12. The van der Waals surface area contributed by atoms with Gasteiger partial charge in [0.15, 0.2) is 5.78 Å². The smallest absolute Gasteiger partial charge is 0.162 e. The van der Waals surface area contributed by atoms with Crippen molar-refractivity contribution in [2.45, 2.75) is 60.1 Å². The number of carbonyl (C=O) groups excluding carboxylic acids is 1. The van der Waals surface area contributed by atoms with Gasteiger partial charge in [-0.25, -0.2) is 0 Å². The topological polar surface area (TPSA) is 31.2 Å². The summed E-state index contributed by atoms with van der Waals surface area (Å²) in [5.41, 5.74) is 2.95. The molecule has 0 bridgehead atoms. The molecule has 0 saturated heterocycles. The summed E-state index contributed by atoms with van der Waals surface area (Å²) in [4.78, 5) is 12.1. The van der Waals surface area contributed by atoms with Crippen molar-refractivity contribution in [1.82, 2.24) is 4.57 Å². The lowest BCUT2D eigenvalue weighted by Gasteiger charge is -2.14. The Morgan fingerprint density at radius 3 is 2.48 bits per heavy atom. The van der Waals surface area contributed by atoms with Crippen LogP contribution in [0.4, 0.5) is 0 Å². The second-order valence-corrected chi connectivity index (χ2v) is 6.00. The van der Waals surface area contributed by atoms with Gasteiger partial charge in [0.05, 0.1) is 6.10 Å². The van der Waals surface area contributed by atoms with Crippen LogP contribution in [0.25, 0.3) is 10.9 Å². The van der Waals surface area contributed by atoms with Crippen LogP contribution in [0.15, 0.2) is 18.2 Å². The average molecular weight is 287 g/mol. The van der Waals surface area contributed by atoms with Crippen LogP contribution in [0.2, 0.25) is 0 Å². The van der Waals surface area contributed by atoms with Gasteiger partial charge in [-0.1, -0.05) is 6.92 Å². The fourth-order valence-corrected chi connectivity index (χ4v) is 2.92. The molecule has 0 N–H and O–H groups in total. The van der Waals surface area contributed by atoms with Gasteiger partial charge < -0.3 is 9.30 Å². The molecule has 0 radical (unpaired) electrons. The normalized spacial score (nSPS) is 12.9. The van der Waals surface area contributed by atoms with E-state index in [1.807, 2.05) is 19.1 Å². The minimum atomic E-state index is 0.109. The van der Waals surface area contributed by atoms with Crippen molar-refractivity contribution in [3.8, 4) is 5.75 Å². The van der Waals surface area contributed by atoms with Crippen molar-refractivity contribution >= 4 is 16.7 Å². The van der Waals surface area contributed by atoms with Gasteiger partial charge in [0.2, 0.25) is 0 Å². The molecule has 0 aliphatic heterocycles. The van der Waals surface area contributed by atoms with Crippen molar-refractivity contribution in [3.63, 3.8) is 0 Å². The Hall–Kier alpha value is -1.77. The van der Waals surface area contributed by atoms with E-state index in [0.29, 0.717) is 6.04 Å². The molecule has 114 valence electrons. The van der Waals surface area contributed by atoms with Crippen LogP contribution in [0.3, 0.4) is 0 Å². The Labute approximate surface area is 126 Å². The molecule has 2 rings (SSSR count). The Bertz CT molecular complexity index is 667. The number of aromatic nitrogens is 1. The summed E-state index contributed by atoms with van der Waals surface area (Å²) in [6, 6.07) is 6.38. The van der Waals surface area contributed by atoms with Gasteiger partial charge in [-0.05, 0) is 59.2 Å². The molecule has 0 amide bonds. The van der Waals surface area contributed by atoms with Crippen LogP contribution in [0.5, 0.6) is 5.75 Å². The number of hydrogen-bond donors (Lipinski definition) is 0. The van der Waals surface area contributed by atoms with Crippen LogP contribution in [-0.2, 0) is 0 Å². The summed E-state index contributed by atoms with van der Waals surface area (Å²) in [5.74, 6) is 0.942. The molecule has 3 nitrogen and oxygen atoms in total. The molecular weight excluding hydrogens is 262 g/mol. The molecular formula is C18H25NO2. The SMILES string of the molecule is CC[C@@H](C)Oc1ccc2c(c1)c(C(C)=O)c(C)n2C(C)C. The lowest BCUT2D eigenvalue weighted by molar-refractivity contribution is 0.101. The highest BCUT2D eigenvalue weighted by Crippen LogP contribution is 2.32. The van der Waals surface area contributed by atoms with E-state index in [1.54, 1.807) is 6.92 Å². The maximum absolute atomic E-state index is 12.1. The van der Waals surface area contributed by atoms with E-state index >= 15 is 0 Å². The molecule has 1 aromatic carbocycles. The van der Waals surface area contributed by atoms with E-state index in [4.69, 9.17) is 4.74 Å². The molecule has 0 aliphatic rings. The minimum absolute atomic E-state index is 0.109. The van der Waals surface area contributed by atoms with Crippen LogP contribution in [0.1, 0.15) is 63.1 Å². The zero-order chi connectivity index (χ0) is 15.7. The number of Topliss-reactive ketones (excluding diaryl/α,β-unsaturated/α-hetero) is 1. The molecule has 0 fully saturated rings. The highest BCUT2D eigenvalue weighted by molar-refractivity contribution is 6.08. The summed E-state index contributed by atoms with van der Waals surface area (Å²) in [6.07, 6.45) is 1.14. The van der Waals surface area contributed by atoms with Crippen LogP contribution < -0.4 is 4.74 Å². The van der Waals surface area contributed by atoms with Gasteiger partial charge in [-0.2, -0.15) is 0 Å². The number of nitrogens with zero attached hydrogens (tertiary/aromatic N) is 1. The lowest BCUT2D eigenvalue weighted by atomic mass is 10.1. The number of ether oxygens (including phenoxy) is 1.